The molecule has 0 saturated carbocycles. The van der Waals surface area contributed by atoms with Gasteiger partial charge in [-0.2, -0.15) is 0 Å². The third-order valence-corrected chi connectivity index (χ3v) is 3.60. The van der Waals surface area contributed by atoms with Crippen molar-refractivity contribution in [3.8, 4) is 11.5 Å². The summed E-state index contributed by atoms with van der Waals surface area (Å²) in [5.74, 6) is 0.905. The van der Waals surface area contributed by atoms with Gasteiger partial charge in [0.2, 0.25) is 0 Å². The van der Waals surface area contributed by atoms with Crippen LogP contribution in [0.3, 0.4) is 0 Å². The number of ether oxygens (including phenoxy) is 1. The summed E-state index contributed by atoms with van der Waals surface area (Å²) >= 11 is 0. The Hall–Kier alpha value is -1.78. The van der Waals surface area contributed by atoms with Crippen LogP contribution in [0.2, 0.25) is 0 Å². The van der Waals surface area contributed by atoms with Gasteiger partial charge in [-0.3, -0.25) is 0 Å². The van der Waals surface area contributed by atoms with Gasteiger partial charge < -0.3 is 20.3 Å². The molecule has 2 atom stereocenters. The molecule has 0 aliphatic rings. The van der Waals surface area contributed by atoms with Gasteiger partial charge in [0, 0.05) is 23.4 Å². The lowest BCUT2D eigenvalue weighted by molar-refractivity contribution is 0.105. The molecule has 2 unspecified atom stereocenters. The van der Waals surface area contributed by atoms with Gasteiger partial charge >= 0.3 is 0 Å². The Balaban J connectivity index is 1.99. The molecule has 0 aromatic heterocycles. The number of aliphatic hydroxyl groups is 1. The van der Waals surface area contributed by atoms with Gasteiger partial charge in [0.1, 0.15) is 24.2 Å². The van der Waals surface area contributed by atoms with Gasteiger partial charge in [-0.1, -0.05) is 31.2 Å². The number of rotatable bonds is 7. The Kier molecular flexibility index (Phi) is 5.42. The third kappa shape index (κ3) is 4.09. The van der Waals surface area contributed by atoms with Crippen LogP contribution in [0, 0.1) is 0 Å². The van der Waals surface area contributed by atoms with E-state index in [2.05, 4.69) is 19.2 Å². The van der Waals surface area contributed by atoms with Crippen LogP contribution in [-0.2, 0) is 0 Å². The first kappa shape index (κ1) is 15.6. The number of phenols is 1. The summed E-state index contributed by atoms with van der Waals surface area (Å²) in [4.78, 5) is 0. The van der Waals surface area contributed by atoms with Gasteiger partial charge in [-0.05, 0) is 25.5 Å². The molecule has 0 saturated heterocycles. The van der Waals surface area contributed by atoms with Gasteiger partial charge in [-0.25, -0.2) is 0 Å². The molecule has 0 radical (unpaired) electrons. The van der Waals surface area contributed by atoms with E-state index in [4.69, 9.17) is 4.74 Å². The third-order valence-electron chi connectivity index (χ3n) is 3.60. The normalized spacial score (nSPS) is 14.0. The number of aromatic hydroxyl groups is 1. The monoisotopic (exact) mass is 289 g/mol. The molecular weight excluding hydrogens is 266 g/mol. The quantitative estimate of drug-likeness (QED) is 0.733. The van der Waals surface area contributed by atoms with Crippen LogP contribution in [0.5, 0.6) is 11.5 Å². The molecule has 4 nitrogen and oxygen atoms in total. The largest absolute Gasteiger partial charge is 0.507 e. The fraction of sp³-hybridized carbons (Fsp3) is 0.412. The number of hydrogen-bond acceptors (Lipinski definition) is 4. The minimum atomic E-state index is -0.563. The molecule has 0 amide bonds. The topological polar surface area (TPSA) is 61.7 Å². The van der Waals surface area contributed by atoms with Crippen molar-refractivity contribution in [3.05, 3.63) is 36.4 Å². The highest BCUT2D eigenvalue weighted by Gasteiger charge is 2.09. The molecule has 2 aromatic carbocycles. The summed E-state index contributed by atoms with van der Waals surface area (Å²) in [7, 11) is 0. The maximum atomic E-state index is 9.94. The summed E-state index contributed by atoms with van der Waals surface area (Å²) in [5, 5.41) is 24.6. The van der Waals surface area contributed by atoms with E-state index in [1.54, 1.807) is 12.1 Å². The average Bonchev–Trinajstić information content (AvgIpc) is 2.51. The highest BCUT2D eigenvalue weighted by Crippen LogP contribution is 2.31. The van der Waals surface area contributed by atoms with E-state index in [1.807, 2.05) is 24.3 Å². The predicted octanol–water partition coefficient (Wildman–Crippen LogP) is 2.67. The predicted molar refractivity (Wildman–Crippen MR) is 84.9 cm³/mol. The second-order valence-corrected chi connectivity index (χ2v) is 5.31. The maximum absolute atomic E-state index is 9.94. The standard InChI is InChI=1S/C17H23NO3/c1-3-12(2)18-10-13(19)11-21-17-9-5-6-14-15(17)7-4-8-16(14)20/h4-9,12-13,18-20H,3,10-11H2,1-2H3. The SMILES string of the molecule is CCC(C)NCC(O)COc1cccc2c(O)cccc12. The summed E-state index contributed by atoms with van der Waals surface area (Å²) in [5.41, 5.74) is 0. The van der Waals surface area contributed by atoms with Crippen LogP contribution >= 0.6 is 0 Å². The van der Waals surface area contributed by atoms with Crippen LogP contribution in [0.15, 0.2) is 36.4 Å². The lowest BCUT2D eigenvalue weighted by Crippen LogP contribution is -2.36. The summed E-state index contributed by atoms with van der Waals surface area (Å²) in [6.45, 7) is 4.91. The fourth-order valence-corrected chi connectivity index (χ4v) is 2.12. The summed E-state index contributed by atoms with van der Waals surface area (Å²) in [6.07, 6.45) is 0.461. The molecule has 114 valence electrons. The van der Waals surface area contributed by atoms with E-state index < -0.39 is 6.10 Å². The lowest BCUT2D eigenvalue weighted by atomic mass is 10.1. The summed E-state index contributed by atoms with van der Waals surface area (Å²) < 4.78 is 5.70. The number of aliphatic hydroxyl groups excluding tert-OH is 1. The van der Waals surface area contributed by atoms with Crippen molar-refractivity contribution in [1.82, 2.24) is 5.32 Å². The molecule has 21 heavy (non-hydrogen) atoms. The highest BCUT2D eigenvalue weighted by atomic mass is 16.5. The van der Waals surface area contributed by atoms with Crippen LogP contribution in [0.1, 0.15) is 20.3 Å². The Morgan fingerprint density at radius 1 is 1.14 bits per heavy atom. The lowest BCUT2D eigenvalue weighted by Gasteiger charge is -2.17. The fourth-order valence-electron chi connectivity index (χ4n) is 2.12. The van der Waals surface area contributed by atoms with Gasteiger partial charge in [0.15, 0.2) is 0 Å². The first-order chi connectivity index (χ1) is 10.1. The van der Waals surface area contributed by atoms with Crippen molar-refractivity contribution >= 4 is 10.8 Å². The van der Waals surface area contributed by atoms with E-state index in [1.165, 1.54) is 0 Å². The number of benzene rings is 2. The molecule has 0 aliphatic heterocycles. The second kappa shape index (κ2) is 7.29. The van der Waals surface area contributed by atoms with Gasteiger partial charge in [0.05, 0.1) is 0 Å². The Labute approximate surface area is 125 Å². The van der Waals surface area contributed by atoms with Crippen molar-refractivity contribution < 1.29 is 14.9 Å². The molecule has 4 heteroatoms. The molecule has 0 aliphatic carbocycles. The van der Waals surface area contributed by atoms with Crippen molar-refractivity contribution in [3.63, 3.8) is 0 Å². The molecule has 0 bridgehead atoms. The average molecular weight is 289 g/mol. The van der Waals surface area contributed by atoms with Crippen LogP contribution in [0.4, 0.5) is 0 Å². The molecule has 0 fully saturated rings. The number of fused-ring (bicyclic) bond motifs is 1. The second-order valence-electron chi connectivity index (χ2n) is 5.31. The molecule has 0 heterocycles. The Morgan fingerprint density at radius 2 is 1.86 bits per heavy atom. The summed E-state index contributed by atoms with van der Waals surface area (Å²) in [6, 6.07) is 11.2. The molecule has 2 aromatic rings. The minimum Gasteiger partial charge on any atom is -0.507 e. The first-order valence-electron chi connectivity index (χ1n) is 7.36. The maximum Gasteiger partial charge on any atom is 0.127 e. The zero-order valence-electron chi connectivity index (χ0n) is 12.5. The van der Waals surface area contributed by atoms with Crippen LogP contribution in [-0.4, -0.2) is 35.5 Å². The van der Waals surface area contributed by atoms with Gasteiger partial charge in [-0.15, -0.1) is 0 Å². The highest BCUT2D eigenvalue weighted by molar-refractivity contribution is 5.92. The van der Waals surface area contributed by atoms with Crippen molar-refractivity contribution in [2.75, 3.05) is 13.2 Å². The Bertz CT molecular complexity index is 585. The van der Waals surface area contributed by atoms with Crippen molar-refractivity contribution in [2.24, 2.45) is 0 Å². The smallest absolute Gasteiger partial charge is 0.127 e. The first-order valence-corrected chi connectivity index (χ1v) is 7.36. The van der Waals surface area contributed by atoms with Crippen molar-refractivity contribution in [2.45, 2.75) is 32.4 Å². The Morgan fingerprint density at radius 3 is 2.62 bits per heavy atom. The van der Waals surface area contributed by atoms with E-state index in [-0.39, 0.29) is 12.4 Å². The van der Waals surface area contributed by atoms with E-state index >= 15 is 0 Å². The van der Waals surface area contributed by atoms with Crippen molar-refractivity contribution in [1.29, 1.82) is 0 Å². The van der Waals surface area contributed by atoms with Gasteiger partial charge in [0.25, 0.3) is 0 Å². The number of nitrogens with one attached hydrogen (secondary N) is 1. The van der Waals surface area contributed by atoms with E-state index in [0.29, 0.717) is 18.3 Å². The van der Waals surface area contributed by atoms with E-state index in [9.17, 15) is 10.2 Å². The minimum absolute atomic E-state index is 0.220. The zero-order valence-corrected chi connectivity index (χ0v) is 12.5. The molecule has 0 spiro atoms. The molecule has 2 rings (SSSR count). The number of hydrogen-bond donors (Lipinski definition) is 3. The number of phenolic OH excluding ortho intramolecular Hbond substituents is 1. The van der Waals surface area contributed by atoms with Crippen LogP contribution in [0.25, 0.3) is 10.8 Å². The molecular formula is C17H23NO3. The zero-order chi connectivity index (χ0) is 15.2. The molecule has 3 N–H and O–H groups in total. The van der Waals surface area contributed by atoms with E-state index in [0.717, 1.165) is 17.2 Å². The van der Waals surface area contributed by atoms with Crippen LogP contribution < -0.4 is 10.1 Å².